The predicted molar refractivity (Wildman–Crippen MR) is 59.0 cm³/mol. The van der Waals surface area contributed by atoms with Gasteiger partial charge >= 0.3 is 0 Å². The van der Waals surface area contributed by atoms with E-state index in [0.717, 1.165) is 19.3 Å². The first-order chi connectivity index (χ1) is 6.77. The first-order valence-electron chi connectivity index (χ1n) is 5.49. The maximum absolute atomic E-state index is 11.7. The highest BCUT2D eigenvalue weighted by molar-refractivity contribution is 5.84. The summed E-state index contributed by atoms with van der Waals surface area (Å²) in [5.41, 5.74) is -0.582. The van der Waals surface area contributed by atoms with Gasteiger partial charge in [0.1, 0.15) is 5.41 Å². The van der Waals surface area contributed by atoms with Crippen LogP contribution in [0.1, 0.15) is 47.0 Å². The quantitative estimate of drug-likeness (QED) is 0.756. The summed E-state index contributed by atoms with van der Waals surface area (Å²) in [6.45, 7) is 7.74. The molecule has 1 amide bonds. The minimum atomic E-state index is -0.910. The summed E-state index contributed by atoms with van der Waals surface area (Å²) in [6, 6.07) is 2.27. The molecule has 0 aromatic rings. The Bertz CT molecular complexity index is 299. The topological polar surface area (TPSA) is 52.9 Å². The van der Waals surface area contributed by atoms with E-state index >= 15 is 0 Å². The number of carbonyl (C=O) groups is 1. The molecule has 15 heavy (non-hydrogen) atoms. The molecule has 1 aliphatic carbocycles. The number of amides is 1. The van der Waals surface area contributed by atoms with Crippen LogP contribution in [-0.4, -0.2) is 11.9 Å². The summed E-state index contributed by atoms with van der Waals surface area (Å²) in [7, 11) is 0. The van der Waals surface area contributed by atoms with Crippen LogP contribution < -0.4 is 5.32 Å². The van der Waals surface area contributed by atoms with Crippen LogP contribution in [0.15, 0.2) is 0 Å². The van der Waals surface area contributed by atoms with Crippen LogP contribution in [0.2, 0.25) is 0 Å². The number of nitriles is 1. The molecule has 0 aromatic carbocycles. The van der Waals surface area contributed by atoms with Crippen LogP contribution in [-0.2, 0) is 4.79 Å². The van der Waals surface area contributed by atoms with Crippen molar-refractivity contribution in [2.24, 2.45) is 10.8 Å². The van der Waals surface area contributed by atoms with E-state index < -0.39 is 5.41 Å². The lowest BCUT2D eigenvalue weighted by Crippen LogP contribution is -2.41. The number of nitrogens with zero attached hydrogens (tertiary/aromatic N) is 1. The third-order valence-corrected chi connectivity index (χ3v) is 3.15. The second-order valence-corrected chi connectivity index (χ2v) is 5.81. The number of rotatable bonds is 2. The summed E-state index contributed by atoms with van der Waals surface area (Å²) in [6.07, 6.45) is 3.19. The highest BCUT2D eigenvalue weighted by Gasteiger charge is 2.35. The molecule has 0 heterocycles. The monoisotopic (exact) mass is 208 g/mol. The summed E-state index contributed by atoms with van der Waals surface area (Å²) in [5, 5.41) is 11.8. The van der Waals surface area contributed by atoms with Crippen molar-refractivity contribution in [2.75, 3.05) is 0 Å². The second kappa shape index (κ2) is 3.84. The van der Waals surface area contributed by atoms with Gasteiger partial charge in [0.05, 0.1) is 6.07 Å². The van der Waals surface area contributed by atoms with Gasteiger partial charge in [0.15, 0.2) is 0 Å². The van der Waals surface area contributed by atoms with Crippen molar-refractivity contribution in [1.82, 2.24) is 5.32 Å². The molecule has 1 rings (SSSR count). The van der Waals surface area contributed by atoms with Gasteiger partial charge in [-0.3, -0.25) is 4.79 Å². The van der Waals surface area contributed by atoms with Crippen molar-refractivity contribution in [2.45, 2.75) is 53.0 Å². The molecule has 0 bridgehead atoms. The fraction of sp³-hybridized carbons (Fsp3) is 0.833. The highest BCUT2D eigenvalue weighted by atomic mass is 16.2. The largest absolute Gasteiger partial charge is 0.352 e. The Morgan fingerprint density at radius 1 is 1.53 bits per heavy atom. The molecule has 3 heteroatoms. The maximum atomic E-state index is 11.7. The molecule has 1 atom stereocenters. The van der Waals surface area contributed by atoms with Gasteiger partial charge in [-0.15, -0.1) is 0 Å². The number of hydrogen-bond donors (Lipinski definition) is 1. The minimum absolute atomic E-state index is 0.146. The third-order valence-electron chi connectivity index (χ3n) is 3.15. The third kappa shape index (κ3) is 2.95. The number of nitrogens with one attached hydrogen (secondary N) is 1. The van der Waals surface area contributed by atoms with Gasteiger partial charge in [-0.25, -0.2) is 0 Å². The van der Waals surface area contributed by atoms with Crippen molar-refractivity contribution >= 4 is 5.91 Å². The Labute approximate surface area is 91.9 Å². The second-order valence-electron chi connectivity index (χ2n) is 5.81. The first-order valence-corrected chi connectivity index (χ1v) is 5.49. The van der Waals surface area contributed by atoms with Crippen LogP contribution in [0, 0.1) is 22.2 Å². The van der Waals surface area contributed by atoms with Gasteiger partial charge in [0.2, 0.25) is 5.91 Å². The zero-order chi connectivity index (χ0) is 11.7. The average molecular weight is 208 g/mol. The minimum Gasteiger partial charge on any atom is -0.352 e. The molecule has 0 radical (unpaired) electrons. The molecule has 1 aliphatic rings. The van der Waals surface area contributed by atoms with E-state index in [1.165, 1.54) is 0 Å². The van der Waals surface area contributed by atoms with Crippen LogP contribution in [0.25, 0.3) is 0 Å². The van der Waals surface area contributed by atoms with Gasteiger partial charge in [-0.2, -0.15) is 5.26 Å². The summed E-state index contributed by atoms with van der Waals surface area (Å²) >= 11 is 0. The maximum Gasteiger partial charge on any atom is 0.240 e. The van der Waals surface area contributed by atoms with Gasteiger partial charge in [-0.1, -0.05) is 13.8 Å². The molecule has 0 saturated heterocycles. The number of hydrogen-bond acceptors (Lipinski definition) is 2. The van der Waals surface area contributed by atoms with Crippen LogP contribution in [0.5, 0.6) is 0 Å². The molecule has 1 unspecified atom stereocenters. The summed E-state index contributed by atoms with van der Waals surface area (Å²) in [4.78, 5) is 11.7. The van der Waals surface area contributed by atoms with Crippen molar-refractivity contribution in [1.29, 1.82) is 5.26 Å². The van der Waals surface area contributed by atoms with Crippen molar-refractivity contribution in [3.8, 4) is 6.07 Å². The van der Waals surface area contributed by atoms with Crippen LogP contribution in [0.3, 0.4) is 0 Å². The molecule has 3 nitrogen and oxygen atoms in total. The van der Waals surface area contributed by atoms with E-state index in [4.69, 9.17) is 5.26 Å². The Hall–Kier alpha value is -1.04. The molecule has 1 fully saturated rings. The van der Waals surface area contributed by atoms with Crippen LogP contribution in [0.4, 0.5) is 0 Å². The Morgan fingerprint density at radius 2 is 2.13 bits per heavy atom. The molecular formula is C12H20N2O. The van der Waals surface area contributed by atoms with Gasteiger partial charge < -0.3 is 5.32 Å². The van der Waals surface area contributed by atoms with Crippen molar-refractivity contribution in [3.05, 3.63) is 0 Å². The van der Waals surface area contributed by atoms with Gasteiger partial charge in [-0.05, 0) is 38.5 Å². The van der Waals surface area contributed by atoms with Crippen molar-refractivity contribution in [3.63, 3.8) is 0 Å². The lowest BCUT2D eigenvalue weighted by Gasteiger charge is -2.21. The standard InChI is InChI=1S/C12H20N2O/c1-11(2)6-5-9(7-11)14-10(15)12(3,4)8-13/h9H,5-7H2,1-4H3,(H,14,15). The lowest BCUT2D eigenvalue weighted by molar-refractivity contribution is -0.127. The lowest BCUT2D eigenvalue weighted by atomic mass is 9.91. The van der Waals surface area contributed by atoms with Gasteiger partial charge in [0, 0.05) is 6.04 Å². The highest BCUT2D eigenvalue weighted by Crippen LogP contribution is 2.37. The first kappa shape index (κ1) is 12.0. The number of carbonyl (C=O) groups excluding carboxylic acids is 1. The Kier molecular flexibility index (Phi) is 3.08. The summed E-state index contributed by atoms with van der Waals surface area (Å²) in [5.74, 6) is -0.146. The fourth-order valence-electron chi connectivity index (χ4n) is 1.98. The molecule has 0 spiro atoms. The van der Waals surface area contributed by atoms with E-state index in [0.29, 0.717) is 5.41 Å². The molecule has 84 valence electrons. The van der Waals surface area contributed by atoms with Gasteiger partial charge in [0.25, 0.3) is 0 Å². The Morgan fingerprint density at radius 3 is 2.53 bits per heavy atom. The van der Waals surface area contributed by atoms with E-state index in [1.54, 1.807) is 13.8 Å². The molecule has 1 saturated carbocycles. The van der Waals surface area contributed by atoms with Crippen LogP contribution >= 0.6 is 0 Å². The zero-order valence-corrected chi connectivity index (χ0v) is 10.1. The summed E-state index contributed by atoms with van der Waals surface area (Å²) < 4.78 is 0. The van der Waals surface area contributed by atoms with E-state index in [1.807, 2.05) is 6.07 Å². The molecule has 0 aliphatic heterocycles. The van der Waals surface area contributed by atoms with Crippen molar-refractivity contribution < 1.29 is 4.79 Å². The molecular weight excluding hydrogens is 188 g/mol. The van der Waals surface area contributed by atoms with E-state index in [2.05, 4.69) is 19.2 Å². The molecule has 0 aromatic heterocycles. The average Bonchev–Trinajstić information content (AvgIpc) is 2.45. The smallest absolute Gasteiger partial charge is 0.240 e. The van der Waals surface area contributed by atoms with E-state index in [9.17, 15) is 4.79 Å². The normalized spacial score (nSPS) is 24.6. The zero-order valence-electron chi connectivity index (χ0n) is 10.1. The fourth-order valence-corrected chi connectivity index (χ4v) is 1.98. The SMILES string of the molecule is CC1(C)CCC(NC(=O)C(C)(C)C#N)C1. The molecule has 1 N–H and O–H groups in total. The van der Waals surface area contributed by atoms with E-state index in [-0.39, 0.29) is 11.9 Å². The predicted octanol–water partition coefficient (Wildman–Crippen LogP) is 2.23. The Balaban J connectivity index is 2.52.